The topological polar surface area (TPSA) is 69.6 Å². The number of carbonyl (C=O) groups is 2. The Hall–Kier alpha value is -1.27. The Balaban J connectivity index is 1.84. The second kappa shape index (κ2) is 7.13. The molecule has 1 aliphatic rings. The lowest BCUT2D eigenvalue weighted by atomic mass is 9.97. The van der Waals surface area contributed by atoms with Crippen molar-refractivity contribution in [1.82, 2.24) is 4.90 Å². The van der Waals surface area contributed by atoms with E-state index in [0.717, 1.165) is 4.47 Å². The average molecular weight is 376 g/mol. The number of carboxylic acid groups (broad SMARTS) is 1. The van der Waals surface area contributed by atoms with Gasteiger partial charge in [-0.1, -0.05) is 27.5 Å². The van der Waals surface area contributed by atoms with Crippen LogP contribution in [0.4, 0.5) is 5.69 Å². The van der Waals surface area contributed by atoms with E-state index in [4.69, 9.17) is 16.7 Å². The molecular formula is C14H16BrClN2O3. The Morgan fingerprint density at radius 1 is 1.38 bits per heavy atom. The maximum atomic E-state index is 12.1. The van der Waals surface area contributed by atoms with Crippen molar-refractivity contribution in [3.63, 3.8) is 0 Å². The molecule has 0 spiro atoms. The molecule has 1 amide bonds. The highest BCUT2D eigenvalue weighted by atomic mass is 79.9. The van der Waals surface area contributed by atoms with Crippen LogP contribution < -0.4 is 5.32 Å². The monoisotopic (exact) mass is 374 g/mol. The zero-order valence-corrected chi connectivity index (χ0v) is 13.7. The smallest absolute Gasteiger partial charge is 0.306 e. The number of aliphatic carboxylic acids is 1. The van der Waals surface area contributed by atoms with Crippen LogP contribution in [-0.2, 0) is 9.59 Å². The number of benzene rings is 1. The predicted octanol–water partition coefficient (Wildman–Crippen LogP) is 2.84. The lowest BCUT2D eigenvalue weighted by Gasteiger charge is -2.30. The third kappa shape index (κ3) is 4.35. The largest absolute Gasteiger partial charge is 0.481 e. The summed E-state index contributed by atoms with van der Waals surface area (Å²) >= 11 is 9.39. The van der Waals surface area contributed by atoms with Gasteiger partial charge in [0.25, 0.3) is 0 Å². The first-order valence-corrected chi connectivity index (χ1v) is 7.84. The van der Waals surface area contributed by atoms with Gasteiger partial charge in [-0.2, -0.15) is 0 Å². The average Bonchev–Trinajstić information content (AvgIpc) is 2.46. The van der Waals surface area contributed by atoms with E-state index in [1.807, 2.05) is 6.07 Å². The summed E-state index contributed by atoms with van der Waals surface area (Å²) in [6, 6.07) is 5.40. The SMILES string of the molecule is O=C(O)C1CCN(C(=O)CNc2ccc(Br)cc2Cl)CC1. The molecule has 0 atom stereocenters. The highest BCUT2D eigenvalue weighted by Gasteiger charge is 2.26. The summed E-state index contributed by atoms with van der Waals surface area (Å²) in [6.45, 7) is 1.14. The van der Waals surface area contributed by atoms with Crippen LogP contribution in [0, 0.1) is 5.92 Å². The summed E-state index contributed by atoms with van der Waals surface area (Å²) in [7, 11) is 0. The highest BCUT2D eigenvalue weighted by molar-refractivity contribution is 9.10. The van der Waals surface area contributed by atoms with Crippen LogP contribution in [0.15, 0.2) is 22.7 Å². The molecule has 0 radical (unpaired) electrons. The third-order valence-electron chi connectivity index (χ3n) is 3.56. The molecule has 1 aromatic carbocycles. The Morgan fingerprint density at radius 3 is 2.62 bits per heavy atom. The number of hydrogen-bond donors (Lipinski definition) is 2. The number of nitrogens with zero attached hydrogens (tertiary/aromatic N) is 1. The van der Waals surface area contributed by atoms with Gasteiger partial charge in [0.15, 0.2) is 0 Å². The minimum atomic E-state index is -0.776. The summed E-state index contributed by atoms with van der Waals surface area (Å²) in [5.41, 5.74) is 0.702. The van der Waals surface area contributed by atoms with Gasteiger partial charge < -0.3 is 15.3 Å². The highest BCUT2D eigenvalue weighted by Crippen LogP contribution is 2.25. The fourth-order valence-electron chi connectivity index (χ4n) is 2.29. The Kier molecular flexibility index (Phi) is 5.47. The Morgan fingerprint density at radius 2 is 2.05 bits per heavy atom. The van der Waals surface area contributed by atoms with Crippen molar-refractivity contribution in [1.29, 1.82) is 0 Å². The molecule has 0 saturated carbocycles. The second-order valence-electron chi connectivity index (χ2n) is 4.97. The van der Waals surface area contributed by atoms with Crippen molar-refractivity contribution in [3.05, 3.63) is 27.7 Å². The van der Waals surface area contributed by atoms with E-state index in [1.165, 1.54) is 0 Å². The van der Waals surface area contributed by atoms with Crippen molar-refractivity contribution in [2.45, 2.75) is 12.8 Å². The van der Waals surface area contributed by atoms with Gasteiger partial charge in [-0.15, -0.1) is 0 Å². The van der Waals surface area contributed by atoms with E-state index in [-0.39, 0.29) is 18.4 Å². The predicted molar refractivity (Wildman–Crippen MR) is 84.6 cm³/mol. The van der Waals surface area contributed by atoms with Gasteiger partial charge in [0.2, 0.25) is 5.91 Å². The number of rotatable bonds is 4. The van der Waals surface area contributed by atoms with Crippen LogP contribution in [0.3, 0.4) is 0 Å². The van der Waals surface area contributed by atoms with Crippen LogP contribution in [0.25, 0.3) is 0 Å². The zero-order valence-electron chi connectivity index (χ0n) is 11.3. The first-order valence-electron chi connectivity index (χ1n) is 6.67. The molecule has 1 fully saturated rings. The van der Waals surface area contributed by atoms with Crippen molar-refractivity contribution in [2.75, 3.05) is 25.0 Å². The molecule has 0 aliphatic carbocycles. The molecule has 0 unspecified atom stereocenters. The van der Waals surface area contributed by atoms with Gasteiger partial charge in [0.05, 0.1) is 23.2 Å². The molecule has 114 valence electrons. The molecule has 2 N–H and O–H groups in total. The van der Waals surface area contributed by atoms with E-state index < -0.39 is 5.97 Å². The minimum Gasteiger partial charge on any atom is -0.481 e. The molecule has 1 heterocycles. The van der Waals surface area contributed by atoms with Crippen molar-refractivity contribution >= 4 is 45.1 Å². The fraction of sp³-hybridized carbons (Fsp3) is 0.429. The Bertz CT molecular complexity index is 545. The van der Waals surface area contributed by atoms with Gasteiger partial charge in [-0.3, -0.25) is 9.59 Å². The van der Waals surface area contributed by atoms with E-state index in [2.05, 4.69) is 21.2 Å². The first kappa shape index (κ1) is 16.1. The first-order chi connectivity index (χ1) is 9.97. The molecule has 21 heavy (non-hydrogen) atoms. The van der Waals surface area contributed by atoms with Crippen molar-refractivity contribution < 1.29 is 14.7 Å². The van der Waals surface area contributed by atoms with E-state index in [0.29, 0.717) is 36.6 Å². The summed E-state index contributed by atoms with van der Waals surface area (Å²) < 4.78 is 0.875. The molecule has 0 bridgehead atoms. The van der Waals surface area contributed by atoms with Crippen molar-refractivity contribution in [2.24, 2.45) is 5.92 Å². The molecule has 1 aliphatic heterocycles. The number of hydrogen-bond acceptors (Lipinski definition) is 3. The van der Waals surface area contributed by atoms with E-state index >= 15 is 0 Å². The number of halogens is 2. The molecule has 2 rings (SSSR count). The Labute approximate surface area is 136 Å². The van der Waals surface area contributed by atoms with Gasteiger partial charge in [0, 0.05) is 17.6 Å². The molecular weight excluding hydrogens is 360 g/mol. The van der Waals surface area contributed by atoms with Crippen LogP contribution in [0.5, 0.6) is 0 Å². The fourth-order valence-corrected chi connectivity index (χ4v) is 3.03. The third-order valence-corrected chi connectivity index (χ3v) is 4.36. The van der Waals surface area contributed by atoms with Crippen LogP contribution >= 0.6 is 27.5 Å². The second-order valence-corrected chi connectivity index (χ2v) is 6.29. The molecule has 7 heteroatoms. The number of carbonyl (C=O) groups excluding carboxylic acids is 1. The molecule has 1 saturated heterocycles. The van der Waals surface area contributed by atoms with E-state index in [1.54, 1.807) is 17.0 Å². The van der Waals surface area contributed by atoms with Crippen LogP contribution in [0.2, 0.25) is 5.02 Å². The minimum absolute atomic E-state index is 0.0437. The summed E-state index contributed by atoms with van der Waals surface area (Å²) in [5, 5.41) is 12.5. The quantitative estimate of drug-likeness (QED) is 0.849. The van der Waals surface area contributed by atoms with Gasteiger partial charge in [-0.05, 0) is 31.0 Å². The number of anilines is 1. The van der Waals surface area contributed by atoms with E-state index in [9.17, 15) is 9.59 Å². The van der Waals surface area contributed by atoms with Gasteiger partial charge in [0.1, 0.15) is 0 Å². The lowest BCUT2D eigenvalue weighted by molar-refractivity contribution is -0.145. The summed E-state index contributed by atoms with van der Waals surface area (Å²) in [5.74, 6) is -1.15. The number of amides is 1. The maximum Gasteiger partial charge on any atom is 0.306 e. The molecule has 1 aromatic rings. The van der Waals surface area contributed by atoms with Gasteiger partial charge in [-0.25, -0.2) is 0 Å². The normalized spacial score (nSPS) is 15.8. The molecule has 0 aromatic heterocycles. The zero-order chi connectivity index (χ0) is 15.4. The number of likely N-dealkylation sites (tertiary alicyclic amines) is 1. The maximum absolute atomic E-state index is 12.1. The van der Waals surface area contributed by atoms with Gasteiger partial charge >= 0.3 is 5.97 Å². The van der Waals surface area contributed by atoms with Crippen LogP contribution in [-0.4, -0.2) is 41.5 Å². The molecule has 5 nitrogen and oxygen atoms in total. The lowest BCUT2D eigenvalue weighted by Crippen LogP contribution is -2.42. The standard InChI is InChI=1S/C14H16BrClN2O3/c15-10-1-2-12(11(16)7-10)17-8-13(19)18-5-3-9(4-6-18)14(20)21/h1-2,7,9,17H,3-6,8H2,(H,20,21). The summed E-state index contributed by atoms with van der Waals surface area (Å²) in [4.78, 5) is 24.7. The number of nitrogens with one attached hydrogen (secondary N) is 1. The summed E-state index contributed by atoms with van der Waals surface area (Å²) in [6.07, 6.45) is 1.03. The number of carboxylic acids is 1. The van der Waals surface area contributed by atoms with Crippen molar-refractivity contribution in [3.8, 4) is 0 Å². The van der Waals surface area contributed by atoms with Crippen LogP contribution in [0.1, 0.15) is 12.8 Å². The number of piperidine rings is 1.